The number of aryl methyl sites for hydroxylation is 1. The zero-order valence-corrected chi connectivity index (χ0v) is 13.9. The predicted molar refractivity (Wildman–Crippen MR) is 88.4 cm³/mol. The Hall–Kier alpha value is -2.41. The number of carbonyl (C=O) groups is 1. The number of fused-ring (bicyclic) bond motifs is 4. The van der Waals surface area contributed by atoms with E-state index in [1.54, 1.807) is 6.20 Å². The Kier molecular flexibility index (Phi) is 3.48. The molecule has 1 amide bonds. The van der Waals surface area contributed by atoms with Gasteiger partial charge in [-0.05, 0) is 43.0 Å². The van der Waals surface area contributed by atoms with Crippen molar-refractivity contribution in [3.63, 3.8) is 0 Å². The molecule has 7 heteroatoms. The van der Waals surface area contributed by atoms with Gasteiger partial charge in [0.25, 0.3) is 5.91 Å². The fourth-order valence-corrected chi connectivity index (χ4v) is 4.04. The Morgan fingerprint density at radius 3 is 3.24 bits per heavy atom. The molecule has 130 valence electrons. The first-order valence-electron chi connectivity index (χ1n) is 8.85. The van der Waals surface area contributed by atoms with Crippen LogP contribution in [-0.2, 0) is 17.8 Å². The quantitative estimate of drug-likeness (QED) is 0.788. The van der Waals surface area contributed by atoms with E-state index in [2.05, 4.69) is 10.3 Å². The summed E-state index contributed by atoms with van der Waals surface area (Å²) < 4.78 is 13.5. The van der Waals surface area contributed by atoms with Gasteiger partial charge in [0.15, 0.2) is 0 Å². The van der Waals surface area contributed by atoms with Crippen LogP contribution in [0.4, 0.5) is 0 Å². The summed E-state index contributed by atoms with van der Waals surface area (Å²) in [4.78, 5) is 14.9. The molecule has 2 aromatic rings. The zero-order chi connectivity index (χ0) is 16.8. The second kappa shape index (κ2) is 5.84. The average molecular weight is 340 g/mol. The Balaban J connectivity index is 1.38. The topological polar surface area (TPSA) is 69.5 Å². The van der Waals surface area contributed by atoms with E-state index in [4.69, 9.17) is 9.47 Å². The number of carbonyl (C=O) groups excluding carboxylic acids is 1. The van der Waals surface area contributed by atoms with Crippen LogP contribution < -0.4 is 4.74 Å². The predicted octanol–water partition coefficient (Wildman–Crippen LogP) is 1.59. The lowest BCUT2D eigenvalue weighted by molar-refractivity contribution is -0.0605. The highest BCUT2D eigenvalue weighted by molar-refractivity contribution is 5.94. The van der Waals surface area contributed by atoms with Crippen molar-refractivity contribution in [2.75, 3.05) is 19.7 Å². The monoisotopic (exact) mass is 340 g/mol. The summed E-state index contributed by atoms with van der Waals surface area (Å²) >= 11 is 0. The minimum Gasteiger partial charge on any atom is -0.493 e. The number of piperidine rings is 1. The van der Waals surface area contributed by atoms with Crippen LogP contribution in [0.15, 0.2) is 24.4 Å². The average Bonchev–Trinajstić information content (AvgIpc) is 3.16. The summed E-state index contributed by atoms with van der Waals surface area (Å²) in [6.45, 7) is 2.62. The van der Waals surface area contributed by atoms with Gasteiger partial charge in [-0.2, -0.15) is 0 Å². The maximum absolute atomic E-state index is 13.0. The summed E-state index contributed by atoms with van der Waals surface area (Å²) in [7, 11) is 0. The molecule has 2 atom stereocenters. The highest BCUT2D eigenvalue weighted by atomic mass is 16.5. The van der Waals surface area contributed by atoms with Crippen molar-refractivity contribution in [2.24, 2.45) is 0 Å². The van der Waals surface area contributed by atoms with E-state index >= 15 is 0 Å². The standard InChI is InChI=1S/C18H20N4O3/c23-18(13-3-4-16-12(8-13)2-1-7-24-16)21-6-5-17-15(10-21)22-14(11-25-17)9-19-20-22/h3-4,8-9,15,17H,1-2,5-7,10-11H2/t15-,17-/m1/s1. The molecular formula is C18H20N4O3. The van der Waals surface area contributed by atoms with Crippen molar-refractivity contribution in [1.29, 1.82) is 0 Å². The minimum atomic E-state index is 0.0462. The van der Waals surface area contributed by atoms with E-state index in [1.165, 1.54) is 0 Å². The molecule has 25 heavy (non-hydrogen) atoms. The number of benzene rings is 1. The first-order chi connectivity index (χ1) is 12.3. The summed E-state index contributed by atoms with van der Waals surface area (Å²) in [6, 6.07) is 5.83. The lowest BCUT2D eigenvalue weighted by atomic mass is 9.98. The van der Waals surface area contributed by atoms with Gasteiger partial charge in [0.05, 0.1) is 37.3 Å². The number of rotatable bonds is 1. The number of aromatic nitrogens is 3. The van der Waals surface area contributed by atoms with Gasteiger partial charge < -0.3 is 14.4 Å². The Morgan fingerprint density at radius 2 is 2.28 bits per heavy atom. The lowest BCUT2D eigenvalue weighted by Gasteiger charge is -2.41. The molecule has 3 aliphatic heterocycles. The van der Waals surface area contributed by atoms with Crippen LogP contribution in [0.5, 0.6) is 5.75 Å². The van der Waals surface area contributed by atoms with Crippen LogP contribution in [0, 0.1) is 0 Å². The van der Waals surface area contributed by atoms with Crippen LogP contribution in [0.3, 0.4) is 0 Å². The number of ether oxygens (including phenoxy) is 2. The normalized spacial score (nSPS) is 24.7. The zero-order valence-electron chi connectivity index (χ0n) is 13.9. The van der Waals surface area contributed by atoms with Gasteiger partial charge in [-0.3, -0.25) is 4.79 Å². The smallest absolute Gasteiger partial charge is 0.253 e. The van der Waals surface area contributed by atoms with Gasteiger partial charge in [0.2, 0.25) is 0 Å². The van der Waals surface area contributed by atoms with Crippen molar-refractivity contribution < 1.29 is 14.3 Å². The van der Waals surface area contributed by atoms with Gasteiger partial charge in [-0.25, -0.2) is 4.68 Å². The highest BCUT2D eigenvalue weighted by Gasteiger charge is 2.38. The van der Waals surface area contributed by atoms with Crippen molar-refractivity contribution in [2.45, 2.75) is 38.0 Å². The molecule has 0 aliphatic carbocycles. The van der Waals surface area contributed by atoms with Crippen LogP contribution in [0.25, 0.3) is 0 Å². The molecule has 3 aliphatic rings. The van der Waals surface area contributed by atoms with Crippen molar-refractivity contribution in [1.82, 2.24) is 19.9 Å². The summed E-state index contributed by atoms with van der Waals surface area (Å²) in [5, 5.41) is 8.18. The van der Waals surface area contributed by atoms with Gasteiger partial charge in [-0.1, -0.05) is 5.21 Å². The van der Waals surface area contributed by atoms with E-state index < -0.39 is 0 Å². The van der Waals surface area contributed by atoms with E-state index in [9.17, 15) is 4.79 Å². The molecule has 5 rings (SSSR count). The van der Waals surface area contributed by atoms with Gasteiger partial charge in [0.1, 0.15) is 5.75 Å². The molecule has 0 spiro atoms. The Bertz CT molecular complexity index is 818. The number of nitrogens with zero attached hydrogens (tertiary/aromatic N) is 4. The molecule has 7 nitrogen and oxygen atoms in total. The maximum atomic E-state index is 13.0. The molecule has 0 radical (unpaired) electrons. The van der Waals surface area contributed by atoms with Crippen LogP contribution in [0.2, 0.25) is 0 Å². The lowest BCUT2D eigenvalue weighted by Crippen LogP contribution is -2.49. The summed E-state index contributed by atoms with van der Waals surface area (Å²) in [6.07, 6.45) is 4.64. The third kappa shape index (κ3) is 2.50. The number of amides is 1. The van der Waals surface area contributed by atoms with Crippen molar-refractivity contribution in [3.05, 3.63) is 41.2 Å². The van der Waals surface area contributed by atoms with E-state index in [1.807, 2.05) is 27.8 Å². The largest absolute Gasteiger partial charge is 0.493 e. The molecule has 1 saturated heterocycles. The SMILES string of the molecule is O=C(c1ccc2c(c1)CCCO2)N1CC[C@H]2OCc3cnnn3[C@@H]2C1. The first-order valence-corrected chi connectivity index (χ1v) is 8.85. The second-order valence-corrected chi connectivity index (χ2v) is 6.90. The third-order valence-corrected chi connectivity index (χ3v) is 5.37. The van der Waals surface area contributed by atoms with E-state index in [0.717, 1.165) is 48.4 Å². The Morgan fingerprint density at radius 1 is 1.32 bits per heavy atom. The fraction of sp³-hybridized carbons (Fsp3) is 0.500. The maximum Gasteiger partial charge on any atom is 0.253 e. The molecule has 0 saturated carbocycles. The summed E-state index contributed by atoms with van der Waals surface area (Å²) in [5.74, 6) is 0.980. The van der Waals surface area contributed by atoms with Gasteiger partial charge in [-0.15, -0.1) is 5.10 Å². The molecule has 1 fully saturated rings. The molecule has 1 aromatic heterocycles. The Labute approximate surface area is 145 Å². The van der Waals surface area contributed by atoms with Gasteiger partial charge in [0, 0.05) is 18.7 Å². The van der Waals surface area contributed by atoms with E-state index in [0.29, 0.717) is 19.7 Å². The molecule has 4 heterocycles. The van der Waals surface area contributed by atoms with Gasteiger partial charge >= 0.3 is 0 Å². The third-order valence-electron chi connectivity index (χ3n) is 5.37. The minimum absolute atomic E-state index is 0.0462. The fourth-order valence-electron chi connectivity index (χ4n) is 4.04. The molecular weight excluding hydrogens is 320 g/mol. The molecule has 1 aromatic carbocycles. The van der Waals surface area contributed by atoms with Crippen LogP contribution in [0.1, 0.15) is 40.5 Å². The number of likely N-dealkylation sites (tertiary alicyclic amines) is 1. The number of hydrogen-bond donors (Lipinski definition) is 0. The van der Waals surface area contributed by atoms with E-state index in [-0.39, 0.29) is 18.1 Å². The number of hydrogen-bond acceptors (Lipinski definition) is 5. The van der Waals surface area contributed by atoms with Crippen molar-refractivity contribution >= 4 is 5.91 Å². The molecule has 0 bridgehead atoms. The van der Waals surface area contributed by atoms with Crippen LogP contribution >= 0.6 is 0 Å². The van der Waals surface area contributed by atoms with Crippen LogP contribution in [-0.4, -0.2) is 51.6 Å². The molecule has 0 N–H and O–H groups in total. The summed E-state index contributed by atoms with van der Waals surface area (Å²) in [5.41, 5.74) is 2.84. The molecule has 0 unspecified atom stereocenters. The first kappa shape index (κ1) is 14.9. The second-order valence-electron chi connectivity index (χ2n) is 6.90. The highest BCUT2D eigenvalue weighted by Crippen LogP contribution is 2.31. The van der Waals surface area contributed by atoms with Crippen molar-refractivity contribution in [3.8, 4) is 5.75 Å².